The molecule has 0 bridgehead atoms. The van der Waals surface area contributed by atoms with Crippen LogP contribution in [0, 0.1) is 0 Å². The van der Waals surface area contributed by atoms with E-state index in [0.29, 0.717) is 25.7 Å². The Morgan fingerprint density at radius 3 is 0.578 bits per heavy atom. The highest BCUT2D eigenvalue weighted by Crippen LogP contribution is 2.45. The Morgan fingerprint density at radius 1 is 0.235 bits per heavy atom. The first-order valence-corrected chi connectivity index (χ1v) is 46.3. The number of phosphoric ester groups is 2. The van der Waals surface area contributed by atoms with Crippen LogP contribution < -0.4 is 0 Å². The summed E-state index contributed by atoms with van der Waals surface area (Å²) in [6.07, 6.45) is 71.0. The molecule has 606 valence electrons. The van der Waals surface area contributed by atoms with E-state index in [9.17, 15) is 43.2 Å². The van der Waals surface area contributed by atoms with Crippen LogP contribution in [0.1, 0.15) is 451 Å². The lowest BCUT2D eigenvalue weighted by Gasteiger charge is -2.21. The van der Waals surface area contributed by atoms with E-state index in [1.165, 1.54) is 283 Å². The van der Waals surface area contributed by atoms with E-state index < -0.39 is 97.5 Å². The Hall–Kier alpha value is -1.94. The minimum Gasteiger partial charge on any atom is -0.462 e. The standard InChI is InChI=1S/C83H162O17P2/c1-5-9-13-17-21-25-28-31-34-36-38-39-41-43-45-48-51-54-58-62-66-70-83(88)100-79(74-94-81(86)68-64-60-56-52-49-47-44-42-40-37-35-32-29-26-22-18-14-10-6-2)76-98-102(91,92)96-72-77(84)71-95-101(89,90)97-75-78(73-93-80(85)67-63-59-55-24-20-16-12-8-4)99-82(87)69-65-61-57-53-50-46-33-30-27-23-19-15-11-7-3/h77-79,84H,5-76H2,1-4H3,(H,89,90)(H,91,92)/t77-,78+,79+/m0/s1. The highest BCUT2D eigenvalue weighted by atomic mass is 31.2. The number of ether oxygens (including phenoxy) is 4. The quantitative estimate of drug-likeness (QED) is 0.0222. The SMILES string of the molecule is CCCCCCCCCCCCCCCCCCCCCCCC(=O)O[C@H](COC(=O)CCCCCCCCCCCCCCCCCCCCC)COP(=O)(O)OC[C@@H](O)COP(=O)(O)OC[C@@H](COC(=O)CCCCCCCCCC)OC(=O)CCCCCCCCCCCCCCCC. The van der Waals surface area contributed by atoms with E-state index in [1.54, 1.807) is 0 Å². The molecule has 0 aromatic carbocycles. The molecular formula is C83H162O17P2. The minimum atomic E-state index is -4.96. The first kappa shape index (κ1) is 100. The summed E-state index contributed by atoms with van der Waals surface area (Å²) in [5, 5.41) is 10.6. The molecule has 0 aromatic rings. The van der Waals surface area contributed by atoms with Gasteiger partial charge in [0.2, 0.25) is 0 Å². The third-order valence-electron chi connectivity index (χ3n) is 19.6. The average Bonchev–Trinajstić information content (AvgIpc) is 0.925. The molecule has 0 saturated carbocycles. The lowest BCUT2D eigenvalue weighted by Crippen LogP contribution is -2.30. The first-order valence-electron chi connectivity index (χ1n) is 43.3. The molecule has 0 heterocycles. The molecule has 17 nitrogen and oxygen atoms in total. The maximum Gasteiger partial charge on any atom is 0.472 e. The summed E-state index contributed by atoms with van der Waals surface area (Å²) in [6, 6.07) is 0. The van der Waals surface area contributed by atoms with Gasteiger partial charge in [-0.25, -0.2) is 9.13 Å². The van der Waals surface area contributed by atoms with Gasteiger partial charge in [0.05, 0.1) is 26.4 Å². The van der Waals surface area contributed by atoms with Crippen LogP contribution in [0.15, 0.2) is 0 Å². The van der Waals surface area contributed by atoms with E-state index >= 15 is 0 Å². The van der Waals surface area contributed by atoms with Crippen molar-refractivity contribution in [3.8, 4) is 0 Å². The number of rotatable bonds is 84. The smallest absolute Gasteiger partial charge is 0.462 e. The van der Waals surface area contributed by atoms with Gasteiger partial charge in [-0.05, 0) is 25.7 Å². The van der Waals surface area contributed by atoms with Crippen molar-refractivity contribution in [2.75, 3.05) is 39.6 Å². The summed E-state index contributed by atoms with van der Waals surface area (Å²) < 4.78 is 68.7. The van der Waals surface area contributed by atoms with Crippen LogP contribution in [0.4, 0.5) is 0 Å². The van der Waals surface area contributed by atoms with Crippen LogP contribution in [0.25, 0.3) is 0 Å². The summed E-state index contributed by atoms with van der Waals surface area (Å²) >= 11 is 0. The van der Waals surface area contributed by atoms with Crippen LogP contribution in [-0.4, -0.2) is 96.7 Å². The maximum absolute atomic E-state index is 13.1. The topological polar surface area (TPSA) is 237 Å². The second-order valence-electron chi connectivity index (χ2n) is 29.9. The summed E-state index contributed by atoms with van der Waals surface area (Å²) in [5.41, 5.74) is 0. The summed E-state index contributed by atoms with van der Waals surface area (Å²) in [6.45, 7) is 5.01. The van der Waals surface area contributed by atoms with Crippen molar-refractivity contribution in [1.29, 1.82) is 0 Å². The second kappa shape index (κ2) is 77.2. The highest BCUT2D eigenvalue weighted by Gasteiger charge is 2.30. The maximum atomic E-state index is 13.1. The number of aliphatic hydroxyl groups is 1. The molecule has 102 heavy (non-hydrogen) atoms. The van der Waals surface area contributed by atoms with Crippen molar-refractivity contribution in [3.63, 3.8) is 0 Å². The van der Waals surface area contributed by atoms with Crippen molar-refractivity contribution in [1.82, 2.24) is 0 Å². The van der Waals surface area contributed by atoms with Crippen molar-refractivity contribution in [3.05, 3.63) is 0 Å². The monoisotopic (exact) mass is 1490 g/mol. The minimum absolute atomic E-state index is 0.108. The van der Waals surface area contributed by atoms with Gasteiger partial charge in [0.15, 0.2) is 12.2 Å². The summed E-state index contributed by atoms with van der Waals surface area (Å²) in [4.78, 5) is 73.0. The number of carbonyl (C=O) groups is 4. The van der Waals surface area contributed by atoms with E-state index in [0.717, 1.165) is 89.9 Å². The molecule has 0 radical (unpaired) electrons. The van der Waals surface area contributed by atoms with Crippen LogP contribution in [0.3, 0.4) is 0 Å². The van der Waals surface area contributed by atoms with Gasteiger partial charge in [0.1, 0.15) is 19.3 Å². The van der Waals surface area contributed by atoms with Gasteiger partial charge in [-0.15, -0.1) is 0 Å². The molecule has 5 atom stereocenters. The van der Waals surface area contributed by atoms with Crippen LogP contribution >= 0.6 is 15.6 Å². The second-order valence-corrected chi connectivity index (χ2v) is 32.8. The average molecular weight is 1490 g/mol. The van der Waals surface area contributed by atoms with Gasteiger partial charge < -0.3 is 33.8 Å². The fraction of sp³-hybridized carbons (Fsp3) is 0.952. The van der Waals surface area contributed by atoms with Gasteiger partial charge in [0.25, 0.3) is 0 Å². The predicted molar refractivity (Wildman–Crippen MR) is 419 cm³/mol. The molecule has 0 amide bonds. The molecule has 0 saturated heterocycles. The van der Waals surface area contributed by atoms with E-state index in [4.69, 9.17) is 37.0 Å². The number of hydrogen-bond donors (Lipinski definition) is 3. The number of aliphatic hydroxyl groups excluding tert-OH is 1. The molecule has 0 rings (SSSR count). The number of unbranched alkanes of at least 4 members (excludes halogenated alkanes) is 58. The molecule has 2 unspecified atom stereocenters. The fourth-order valence-corrected chi connectivity index (χ4v) is 14.6. The Kier molecular flexibility index (Phi) is 75.8. The van der Waals surface area contributed by atoms with Crippen LogP contribution in [0.2, 0.25) is 0 Å². The van der Waals surface area contributed by atoms with Crippen molar-refractivity contribution in [2.45, 2.75) is 470 Å². The van der Waals surface area contributed by atoms with Crippen molar-refractivity contribution < 1.29 is 80.2 Å². The van der Waals surface area contributed by atoms with Gasteiger partial charge in [-0.2, -0.15) is 0 Å². The summed E-state index contributed by atoms with van der Waals surface area (Å²) in [5.74, 6) is -2.10. The Bertz CT molecular complexity index is 1930. The number of esters is 4. The van der Waals surface area contributed by atoms with Crippen molar-refractivity contribution >= 4 is 39.5 Å². The van der Waals surface area contributed by atoms with E-state index in [-0.39, 0.29) is 25.7 Å². The highest BCUT2D eigenvalue weighted by molar-refractivity contribution is 7.47. The Morgan fingerprint density at radius 2 is 0.392 bits per heavy atom. The van der Waals surface area contributed by atoms with Crippen LogP contribution in [-0.2, 0) is 65.4 Å². The Balaban J connectivity index is 5.18. The lowest BCUT2D eigenvalue weighted by atomic mass is 10.0. The molecule has 0 fully saturated rings. The molecule has 19 heteroatoms. The zero-order valence-electron chi connectivity index (χ0n) is 66.6. The fourth-order valence-electron chi connectivity index (χ4n) is 13.0. The zero-order chi connectivity index (χ0) is 74.6. The molecular weight excluding hydrogens is 1330 g/mol. The molecule has 0 aliphatic heterocycles. The van der Waals surface area contributed by atoms with Crippen molar-refractivity contribution in [2.24, 2.45) is 0 Å². The van der Waals surface area contributed by atoms with Gasteiger partial charge in [-0.1, -0.05) is 400 Å². The largest absolute Gasteiger partial charge is 0.472 e. The van der Waals surface area contributed by atoms with Gasteiger partial charge >= 0.3 is 39.5 Å². The molecule has 0 aliphatic rings. The third-order valence-corrected chi connectivity index (χ3v) is 21.5. The number of carbonyl (C=O) groups excluding carboxylic acids is 4. The molecule has 0 aromatic heterocycles. The zero-order valence-corrected chi connectivity index (χ0v) is 68.4. The van der Waals surface area contributed by atoms with Gasteiger partial charge in [-0.3, -0.25) is 37.3 Å². The Labute approximate surface area is 626 Å². The summed E-state index contributed by atoms with van der Waals surface area (Å²) in [7, 11) is -9.92. The first-order chi connectivity index (χ1) is 49.7. The number of phosphoric acid groups is 2. The molecule has 0 aliphatic carbocycles. The van der Waals surface area contributed by atoms with Gasteiger partial charge in [0, 0.05) is 25.7 Å². The lowest BCUT2D eigenvalue weighted by molar-refractivity contribution is -0.161. The van der Waals surface area contributed by atoms with E-state index in [1.807, 2.05) is 0 Å². The molecule has 3 N–H and O–H groups in total. The van der Waals surface area contributed by atoms with E-state index in [2.05, 4.69) is 27.7 Å². The normalized spacial score (nSPS) is 13.8. The number of hydrogen-bond acceptors (Lipinski definition) is 15. The molecule has 0 spiro atoms. The predicted octanol–water partition coefficient (Wildman–Crippen LogP) is 25.4. The van der Waals surface area contributed by atoms with Crippen LogP contribution in [0.5, 0.6) is 0 Å². The third kappa shape index (κ3) is 76.3.